The largest absolute Gasteiger partial charge is 0.493 e. The van der Waals surface area contributed by atoms with Gasteiger partial charge in [-0.1, -0.05) is 24.3 Å². The maximum Gasteiger partial charge on any atom is 0.288 e. The number of anilines is 2. The van der Waals surface area contributed by atoms with Gasteiger partial charge in [0.25, 0.3) is 26.1 Å². The SMILES string of the molecule is C=C1C[C@H]2C(S(=O)(=O)O)Nc3cc(OCCCP(=O)(CCCO)CCCOc4cc5c(cc4OC)C(O)N4CC(=C)C[C@H]4C(S(=O)(=O)O)N5)c(OC)cc3C(=O)N2C1. The number of nitrogens with zero attached hydrogens (tertiary/aromatic N) is 2. The molecule has 1 amide bonds. The number of aliphatic hydroxyl groups excluding tert-OH is 2. The molecule has 4 unspecified atom stereocenters. The molecule has 2 saturated heterocycles. The molecular formula is C37H51N4O14PS2. The molecule has 2 aromatic carbocycles. The van der Waals surface area contributed by atoms with E-state index in [-0.39, 0.29) is 104 Å². The number of nitrogens with one attached hydrogen (secondary N) is 2. The van der Waals surface area contributed by atoms with E-state index in [2.05, 4.69) is 23.8 Å². The summed E-state index contributed by atoms with van der Waals surface area (Å²) in [5.74, 6) is 0.468. The van der Waals surface area contributed by atoms with Crippen molar-refractivity contribution in [3.05, 3.63) is 59.7 Å². The van der Waals surface area contributed by atoms with Crippen molar-refractivity contribution in [3.63, 3.8) is 0 Å². The van der Waals surface area contributed by atoms with Crippen LogP contribution in [-0.2, 0) is 24.8 Å². The van der Waals surface area contributed by atoms with Crippen molar-refractivity contribution < 1.29 is 64.5 Å². The van der Waals surface area contributed by atoms with E-state index in [0.29, 0.717) is 36.0 Å². The Balaban J connectivity index is 1.10. The Bertz CT molecular complexity index is 2200. The lowest BCUT2D eigenvalue weighted by Crippen LogP contribution is -2.47. The smallest absolute Gasteiger partial charge is 0.288 e. The van der Waals surface area contributed by atoms with Gasteiger partial charge in [0.15, 0.2) is 33.7 Å². The van der Waals surface area contributed by atoms with Crippen molar-refractivity contribution in [1.82, 2.24) is 9.80 Å². The summed E-state index contributed by atoms with van der Waals surface area (Å²) >= 11 is 0. The fourth-order valence-corrected chi connectivity index (χ4v) is 12.8. The van der Waals surface area contributed by atoms with Gasteiger partial charge in [-0.15, -0.1) is 0 Å². The topological polar surface area (TPSA) is 251 Å². The number of carbonyl (C=O) groups is 1. The lowest BCUT2D eigenvalue weighted by molar-refractivity contribution is -0.00248. The number of hydrogen-bond acceptors (Lipinski definition) is 15. The highest BCUT2D eigenvalue weighted by molar-refractivity contribution is 7.86. The maximum atomic E-state index is 14.1. The Morgan fingerprint density at radius 1 is 0.776 bits per heavy atom. The summed E-state index contributed by atoms with van der Waals surface area (Å²) in [6.07, 6.45) is 1.07. The van der Waals surface area contributed by atoms with Gasteiger partial charge in [0.1, 0.15) is 6.23 Å². The molecule has 4 heterocycles. The molecule has 320 valence electrons. The van der Waals surface area contributed by atoms with Crippen LogP contribution in [0.4, 0.5) is 11.4 Å². The zero-order valence-electron chi connectivity index (χ0n) is 32.3. The van der Waals surface area contributed by atoms with E-state index in [9.17, 15) is 45.5 Å². The molecule has 4 aliphatic rings. The second-order valence-electron chi connectivity index (χ2n) is 15.0. The number of fused-ring (bicyclic) bond motifs is 4. The average molecular weight is 871 g/mol. The predicted molar refractivity (Wildman–Crippen MR) is 216 cm³/mol. The van der Waals surface area contributed by atoms with E-state index in [0.717, 1.165) is 0 Å². The molecular weight excluding hydrogens is 820 g/mol. The van der Waals surface area contributed by atoms with Gasteiger partial charge in [0, 0.05) is 61.6 Å². The van der Waals surface area contributed by atoms with Crippen LogP contribution in [0, 0.1) is 0 Å². The summed E-state index contributed by atoms with van der Waals surface area (Å²) in [4.78, 5) is 16.4. The molecule has 4 aliphatic heterocycles. The Morgan fingerprint density at radius 3 is 1.88 bits per heavy atom. The zero-order chi connectivity index (χ0) is 42.2. The summed E-state index contributed by atoms with van der Waals surface area (Å²) in [5.41, 5.74) is 2.21. The van der Waals surface area contributed by atoms with E-state index in [1.165, 1.54) is 37.3 Å². The normalized spacial score (nSPS) is 24.3. The van der Waals surface area contributed by atoms with Crippen LogP contribution in [0.5, 0.6) is 23.0 Å². The second kappa shape index (κ2) is 17.4. The molecule has 0 bridgehead atoms. The number of ether oxygens (including phenoxy) is 4. The molecule has 0 radical (unpaired) electrons. The highest BCUT2D eigenvalue weighted by Gasteiger charge is 2.47. The van der Waals surface area contributed by atoms with Crippen LogP contribution >= 0.6 is 7.14 Å². The number of benzene rings is 2. The fourth-order valence-electron chi connectivity index (χ4n) is 8.18. The summed E-state index contributed by atoms with van der Waals surface area (Å²) in [7, 11) is -9.29. The molecule has 6 rings (SSSR count). The molecule has 2 fully saturated rings. The number of amides is 1. The summed E-state index contributed by atoms with van der Waals surface area (Å²) < 4.78 is 107. The number of methoxy groups -OCH3 is 2. The number of carbonyl (C=O) groups excluding carboxylic acids is 1. The predicted octanol–water partition coefficient (Wildman–Crippen LogP) is 3.36. The minimum Gasteiger partial charge on any atom is -0.493 e. The van der Waals surface area contributed by atoms with Gasteiger partial charge in [-0.3, -0.25) is 18.8 Å². The van der Waals surface area contributed by atoms with Gasteiger partial charge >= 0.3 is 0 Å². The molecule has 2 aromatic rings. The van der Waals surface area contributed by atoms with Gasteiger partial charge in [-0.25, -0.2) is 0 Å². The van der Waals surface area contributed by atoms with Crippen LogP contribution in [0.1, 0.15) is 54.3 Å². The van der Waals surface area contributed by atoms with Crippen LogP contribution in [0.2, 0.25) is 0 Å². The highest BCUT2D eigenvalue weighted by Crippen LogP contribution is 2.48. The van der Waals surface area contributed by atoms with Gasteiger partial charge in [-0.2, -0.15) is 16.8 Å². The van der Waals surface area contributed by atoms with Crippen LogP contribution < -0.4 is 29.6 Å². The van der Waals surface area contributed by atoms with E-state index in [1.54, 1.807) is 11.0 Å². The highest BCUT2D eigenvalue weighted by atomic mass is 32.2. The Labute approximate surface area is 338 Å². The molecule has 0 aliphatic carbocycles. The van der Waals surface area contributed by atoms with Gasteiger partial charge in [0.05, 0.1) is 57.9 Å². The molecule has 21 heteroatoms. The summed E-state index contributed by atoms with van der Waals surface area (Å²) in [6.45, 7) is 8.24. The third kappa shape index (κ3) is 9.28. The molecule has 0 saturated carbocycles. The van der Waals surface area contributed by atoms with Gasteiger partial charge in [-0.05, 0) is 44.2 Å². The maximum absolute atomic E-state index is 14.1. The van der Waals surface area contributed by atoms with E-state index >= 15 is 0 Å². The standard InChI is InChI=1S/C37H51N4O14PS2/c1-22-14-28-34(57(46,47)48)38-26-18-32(30(52-3)16-24(26)36(43)40(28)20-22)54-9-6-12-56(45,11-5-8-42)13-7-10-55-33-19-27-25(17-31(33)53-4)37(44)41-21-23(2)15-29(41)35(39-27)58(49,50)51/h16-19,28-29,34-36,38-39,42-43H,1-2,5-15,20-21H2,3-4H3,(H,46,47,48)(H,49,50,51)/t28-,29-,34?,35?,36?,56?/m0/s1. The Kier molecular flexibility index (Phi) is 13.1. The van der Waals surface area contributed by atoms with Crippen molar-refractivity contribution in [2.24, 2.45) is 0 Å². The van der Waals surface area contributed by atoms with Crippen molar-refractivity contribution in [2.45, 2.75) is 61.2 Å². The van der Waals surface area contributed by atoms with Crippen LogP contribution in [0.3, 0.4) is 0 Å². The van der Waals surface area contributed by atoms with Crippen molar-refractivity contribution >= 4 is 44.7 Å². The first-order chi connectivity index (χ1) is 27.4. The second-order valence-corrected chi connectivity index (χ2v) is 21.6. The quantitative estimate of drug-likeness (QED) is 0.0577. The summed E-state index contributed by atoms with van der Waals surface area (Å²) in [6, 6.07) is 4.29. The molecule has 58 heavy (non-hydrogen) atoms. The van der Waals surface area contributed by atoms with Crippen molar-refractivity contribution in [2.75, 3.05) is 76.2 Å². The third-order valence-electron chi connectivity index (χ3n) is 10.9. The van der Waals surface area contributed by atoms with Gasteiger partial charge < -0.3 is 49.3 Å². The van der Waals surface area contributed by atoms with Gasteiger partial charge in [0.2, 0.25) is 0 Å². The minimum atomic E-state index is -4.64. The third-order valence-corrected chi connectivity index (χ3v) is 16.5. The molecule has 6 atom stereocenters. The average Bonchev–Trinajstić information content (AvgIpc) is 3.69. The van der Waals surface area contributed by atoms with Crippen molar-refractivity contribution in [1.29, 1.82) is 0 Å². The fraction of sp³-hybridized carbons (Fsp3) is 0.541. The van der Waals surface area contributed by atoms with Crippen LogP contribution in [0.15, 0.2) is 48.6 Å². The number of hydrogen-bond donors (Lipinski definition) is 6. The monoisotopic (exact) mass is 870 g/mol. The minimum absolute atomic E-state index is 0.0845. The molecule has 6 N–H and O–H groups in total. The summed E-state index contributed by atoms with van der Waals surface area (Å²) in [5, 5.41) is 23.6. The first-order valence-corrected chi connectivity index (χ1v) is 24.1. The Hall–Kier alpha value is -3.88. The Morgan fingerprint density at radius 2 is 1.29 bits per heavy atom. The number of rotatable bonds is 17. The zero-order valence-corrected chi connectivity index (χ0v) is 34.9. The van der Waals surface area contributed by atoms with E-state index in [1.807, 2.05) is 0 Å². The van der Waals surface area contributed by atoms with E-state index in [4.69, 9.17) is 18.9 Å². The lowest BCUT2D eigenvalue weighted by atomic mass is 10.1. The first-order valence-electron chi connectivity index (χ1n) is 18.8. The number of aliphatic hydroxyl groups is 2. The molecule has 0 spiro atoms. The van der Waals surface area contributed by atoms with E-state index < -0.39 is 62.3 Å². The van der Waals surface area contributed by atoms with Crippen molar-refractivity contribution in [3.8, 4) is 23.0 Å². The first kappa shape index (κ1) is 43.7. The molecule has 0 aromatic heterocycles. The molecule has 18 nitrogen and oxygen atoms in total. The lowest BCUT2D eigenvalue weighted by Gasteiger charge is -2.29. The van der Waals surface area contributed by atoms with Crippen LogP contribution in [-0.4, -0.2) is 140 Å². The van der Waals surface area contributed by atoms with Crippen LogP contribution in [0.25, 0.3) is 0 Å².